The Morgan fingerprint density at radius 1 is 1.50 bits per heavy atom. The Hall–Kier alpha value is -1.30. The van der Waals surface area contributed by atoms with E-state index in [1.165, 1.54) is 0 Å². The molecule has 1 aliphatic rings. The summed E-state index contributed by atoms with van der Waals surface area (Å²) in [5.41, 5.74) is 0. The summed E-state index contributed by atoms with van der Waals surface area (Å²) in [6.07, 6.45) is 0.439. The highest BCUT2D eigenvalue weighted by Crippen LogP contribution is 2.21. The van der Waals surface area contributed by atoms with Crippen LogP contribution in [0.3, 0.4) is 0 Å². The number of nitrogens with zero attached hydrogens (tertiary/aromatic N) is 3. The zero-order valence-electron chi connectivity index (χ0n) is 8.94. The fourth-order valence-corrected chi connectivity index (χ4v) is 1.56. The molecule has 0 aliphatic carbocycles. The molecule has 1 saturated heterocycles. The monoisotopic (exact) mass is 244 g/mol. The Kier molecular flexibility index (Phi) is 3.28. The van der Waals surface area contributed by atoms with Gasteiger partial charge >= 0.3 is 6.01 Å². The second kappa shape index (κ2) is 4.69. The zero-order valence-corrected chi connectivity index (χ0v) is 9.70. The third-order valence-electron chi connectivity index (χ3n) is 2.35. The van der Waals surface area contributed by atoms with E-state index in [-0.39, 0.29) is 11.3 Å². The molecule has 1 amide bonds. The van der Waals surface area contributed by atoms with Crippen LogP contribution in [-0.2, 0) is 4.79 Å². The van der Waals surface area contributed by atoms with E-state index in [9.17, 15) is 4.79 Å². The van der Waals surface area contributed by atoms with Gasteiger partial charge in [-0.3, -0.25) is 4.79 Å². The quantitative estimate of drug-likeness (QED) is 0.776. The van der Waals surface area contributed by atoms with Crippen LogP contribution in [0.15, 0.2) is 4.42 Å². The average molecular weight is 245 g/mol. The second-order valence-electron chi connectivity index (χ2n) is 3.63. The van der Waals surface area contributed by atoms with Crippen LogP contribution in [0.5, 0.6) is 0 Å². The lowest BCUT2D eigenvalue weighted by atomic mass is 10.4. The van der Waals surface area contributed by atoms with E-state index in [2.05, 4.69) is 15.5 Å². The summed E-state index contributed by atoms with van der Waals surface area (Å²) in [4.78, 5) is 13.0. The van der Waals surface area contributed by atoms with Crippen molar-refractivity contribution in [2.45, 2.75) is 18.7 Å². The van der Waals surface area contributed by atoms with Crippen molar-refractivity contribution in [3.63, 3.8) is 0 Å². The molecule has 2 heterocycles. The van der Waals surface area contributed by atoms with Crippen molar-refractivity contribution < 1.29 is 9.21 Å². The summed E-state index contributed by atoms with van der Waals surface area (Å²) in [5, 5.41) is 10.2. The third-order valence-corrected chi connectivity index (χ3v) is 2.54. The van der Waals surface area contributed by atoms with Gasteiger partial charge in [0.2, 0.25) is 11.8 Å². The third kappa shape index (κ3) is 2.44. The van der Waals surface area contributed by atoms with Crippen LogP contribution in [0, 0.1) is 0 Å². The van der Waals surface area contributed by atoms with Gasteiger partial charge in [0.1, 0.15) is 5.38 Å². The van der Waals surface area contributed by atoms with Gasteiger partial charge in [-0.15, -0.1) is 16.7 Å². The Morgan fingerprint density at radius 2 is 2.31 bits per heavy atom. The predicted octanol–water partition coefficient (Wildman–Crippen LogP) is 0.696. The standard InChI is InChI=1S/C9H13ClN4O2/c1-6(10)8-12-13-9(16-8)14-4-2-7(15)11-3-5-14/h6H,2-5H2,1H3,(H,11,15). The number of carbonyl (C=O) groups is 1. The Balaban J connectivity index is 2.07. The number of hydrogen-bond acceptors (Lipinski definition) is 5. The molecule has 0 saturated carbocycles. The highest BCUT2D eigenvalue weighted by atomic mass is 35.5. The SMILES string of the molecule is CC(Cl)c1nnc(N2CCNC(=O)CC2)o1. The lowest BCUT2D eigenvalue weighted by Crippen LogP contribution is -2.28. The topological polar surface area (TPSA) is 71.3 Å². The number of aromatic nitrogens is 2. The minimum absolute atomic E-state index is 0.0490. The van der Waals surface area contributed by atoms with Crippen LogP contribution in [-0.4, -0.2) is 35.7 Å². The second-order valence-corrected chi connectivity index (χ2v) is 4.28. The number of anilines is 1. The summed E-state index contributed by atoms with van der Waals surface area (Å²) < 4.78 is 5.41. The van der Waals surface area contributed by atoms with Gasteiger partial charge in [-0.2, -0.15) is 0 Å². The first-order chi connectivity index (χ1) is 7.66. The van der Waals surface area contributed by atoms with Crippen LogP contribution in [0.25, 0.3) is 0 Å². The van der Waals surface area contributed by atoms with Crippen molar-refractivity contribution in [3.05, 3.63) is 5.89 Å². The lowest BCUT2D eigenvalue weighted by Gasteiger charge is -2.15. The summed E-state index contributed by atoms with van der Waals surface area (Å²) in [5.74, 6) is 0.452. The number of hydrogen-bond donors (Lipinski definition) is 1. The Labute approximate surface area is 98.0 Å². The fourth-order valence-electron chi connectivity index (χ4n) is 1.47. The summed E-state index contributed by atoms with van der Waals surface area (Å²) in [7, 11) is 0. The minimum Gasteiger partial charge on any atom is -0.406 e. The Bertz CT molecular complexity index is 379. The number of halogens is 1. The van der Waals surface area contributed by atoms with Gasteiger partial charge in [0.25, 0.3) is 0 Å². The van der Waals surface area contributed by atoms with Gasteiger partial charge in [-0.1, -0.05) is 5.10 Å². The number of carbonyl (C=O) groups excluding carboxylic acids is 1. The first-order valence-corrected chi connectivity index (χ1v) is 5.59. The molecule has 7 heteroatoms. The molecule has 0 aromatic carbocycles. The van der Waals surface area contributed by atoms with E-state index in [1.807, 2.05) is 4.90 Å². The number of alkyl halides is 1. The zero-order chi connectivity index (χ0) is 11.5. The maximum Gasteiger partial charge on any atom is 0.318 e. The van der Waals surface area contributed by atoms with Crippen molar-refractivity contribution in [2.24, 2.45) is 0 Å². The number of amides is 1. The molecular formula is C9H13ClN4O2. The smallest absolute Gasteiger partial charge is 0.318 e. The van der Waals surface area contributed by atoms with Crippen molar-refractivity contribution >= 4 is 23.5 Å². The molecule has 88 valence electrons. The van der Waals surface area contributed by atoms with Crippen LogP contribution in [0.2, 0.25) is 0 Å². The molecule has 1 unspecified atom stereocenters. The van der Waals surface area contributed by atoms with E-state index in [1.54, 1.807) is 6.92 Å². The molecule has 1 aromatic heterocycles. The van der Waals surface area contributed by atoms with Crippen molar-refractivity contribution in [1.82, 2.24) is 15.5 Å². The molecule has 1 fully saturated rings. The molecule has 1 aliphatic heterocycles. The van der Waals surface area contributed by atoms with Crippen LogP contribution >= 0.6 is 11.6 Å². The molecule has 2 rings (SSSR count). The van der Waals surface area contributed by atoms with E-state index < -0.39 is 0 Å². The maximum atomic E-state index is 11.1. The highest BCUT2D eigenvalue weighted by Gasteiger charge is 2.19. The summed E-state index contributed by atoms with van der Waals surface area (Å²) in [6.45, 7) is 3.62. The molecule has 16 heavy (non-hydrogen) atoms. The van der Waals surface area contributed by atoms with E-state index in [0.29, 0.717) is 38.0 Å². The summed E-state index contributed by atoms with van der Waals surface area (Å²) in [6, 6.07) is 0.430. The van der Waals surface area contributed by atoms with Crippen LogP contribution < -0.4 is 10.2 Å². The van der Waals surface area contributed by atoms with Crippen molar-refractivity contribution in [3.8, 4) is 0 Å². The van der Waals surface area contributed by atoms with Gasteiger partial charge in [-0.05, 0) is 6.92 Å². The summed E-state index contributed by atoms with van der Waals surface area (Å²) >= 11 is 5.83. The minimum atomic E-state index is -0.298. The van der Waals surface area contributed by atoms with Gasteiger partial charge in [0, 0.05) is 26.1 Å². The van der Waals surface area contributed by atoms with Gasteiger partial charge in [0.05, 0.1) is 0 Å². The normalized spacial score (nSPS) is 19.1. The fraction of sp³-hybridized carbons (Fsp3) is 0.667. The molecule has 6 nitrogen and oxygen atoms in total. The molecule has 0 bridgehead atoms. The number of rotatable bonds is 2. The molecule has 1 aromatic rings. The van der Waals surface area contributed by atoms with Gasteiger partial charge < -0.3 is 14.6 Å². The molecular weight excluding hydrogens is 232 g/mol. The molecule has 1 N–H and O–H groups in total. The van der Waals surface area contributed by atoms with E-state index in [0.717, 1.165) is 0 Å². The largest absolute Gasteiger partial charge is 0.406 e. The van der Waals surface area contributed by atoms with Crippen LogP contribution in [0.1, 0.15) is 24.6 Å². The van der Waals surface area contributed by atoms with Gasteiger partial charge in [-0.25, -0.2) is 0 Å². The first kappa shape index (κ1) is 11.2. The van der Waals surface area contributed by atoms with Crippen molar-refractivity contribution in [1.29, 1.82) is 0 Å². The van der Waals surface area contributed by atoms with Gasteiger partial charge in [0.15, 0.2) is 0 Å². The Morgan fingerprint density at radius 3 is 3.00 bits per heavy atom. The van der Waals surface area contributed by atoms with Crippen molar-refractivity contribution in [2.75, 3.05) is 24.5 Å². The number of nitrogens with one attached hydrogen (secondary N) is 1. The van der Waals surface area contributed by atoms with E-state index in [4.69, 9.17) is 16.0 Å². The lowest BCUT2D eigenvalue weighted by molar-refractivity contribution is -0.120. The highest BCUT2D eigenvalue weighted by molar-refractivity contribution is 6.20. The first-order valence-electron chi connectivity index (χ1n) is 5.16. The molecule has 1 atom stereocenters. The maximum absolute atomic E-state index is 11.1. The molecule has 0 spiro atoms. The van der Waals surface area contributed by atoms with Crippen LogP contribution in [0.4, 0.5) is 6.01 Å². The van der Waals surface area contributed by atoms with E-state index >= 15 is 0 Å². The predicted molar refractivity (Wildman–Crippen MR) is 58.4 cm³/mol. The molecule has 0 radical (unpaired) electrons. The average Bonchev–Trinajstić information content (AvgIpc) is 2.63.